The molecule has 0 bridgehead atoms. The van der Waals surface area contributed by atoms with Gasteiger partial charge in [0.1, 0.15) is 5.69 Å². The number of halogens is 2. The topological polar surface area (TPSA) is 79.3 Å². The lowest BCUT2D eigenvalue weighted by Gasteiger charge is -2.28. The molecule has 1 saturated heterocycles. The number of piperidine rings is 1. The molecule has 1 aliphatic rings. The molecule has 0 amide bonds. The lowest BCUT2D eigenvalue weighted by atomic mass is 10.1. The molecule has 1 fully saturated rings. The first-order valence-electron chi connectivity index (χ1n) is 5.68. The van der Waals surface area contributed by atoms with Gasteiger partial charge in [-0.25, -0.2) is 18.5 Å². The summed E-state index contributed by atoms with van der Waals surface area (Å²) in [5.74, 6) is -0.689. The molecule has 0 radical (unpaired) electrons. The van der Waals surface area contributed by atoms with E-state index in [2.05, 4.69) is 15.8 Å². The number of aryl methyl sites for hydroxylation is 1. The number of rotatable bonds is 4. The first-order chi connectivity index (χ1) is 8.59. The highest BCUT2D eigenvalue weighted by atomic mass is 35.5. The normalized spacial score (nSPS) is 19.2. The third-order valence-corrected chi connectivity index (χ3v) is 3.50. The summed E-state index contributed by atoms with van der Waals surface area (Å²) in [6.07, 6.45) is 2.98. The highest BCUT2D eigenvalue weighted by molar-refractivity contribution is 7.73. The fourth-order valence-electron chi connectivity index (χ4n) is 1.89. The van der Waals surface area contributed by atoms with E-state index in [4.69, 9.17) is 0 Å². The van der Waals surface area contributed by atoms with Crippen LogP contribution in [0, 0.1) is 5.95 Å². The largest absolute Gasteiger partial charge is 0.315 e. The molecule has 2 heterocycles. The van der Waals surface area contributed by atoms with E-state index >= 15 is 0 Å². The van der Waals surface area contributed by atoms with Crippen LogP contribution in [0.5, 0.6) is 0 Å². The van der Waals surface area contributed by atoms with Gasteiger partial charge in [-0.05, 0) is 19.4 Å². The van der Waals surface area contributed by atoms with Gasteiger partial charge in [-0.3, -0.25) is 0 Å². The van der Waals surface area contributed by atoms with Crippen LogP contribution in [0.2, 0.25) is 0 Å². The Bertz CT molecular complexity index is 481. The smallest absolute Gasteiger partial charge is 0.238 e. The van der Waals surface area contributed by atoms with Crippen molar-refractivity contribution in [1.29, 1.82) is 0 Å². The van der Waals surface area contributed by atoms with Gasteiger partial charge in [-0.15, -0.1) is 12.4 Å². The van der Waals surface area contributed by atoms with Crippen molar-refractivity contribution < 1.29 is 12.8 Å². The van der Waals surface area contributed by atoms with Gasteiger partial charge in [-0.2, -0.15) is 13.9 Å². The average molecular weight is 314 g/mol. The molecule has 10 heteroatoms. The Labute approximate surface area is 118 Å². The monoisotopic (exact) mass is 313 g/mol. The Morgan fingerprint density at radius 2 is 2.37 bits per heavy atom. The van der Waals surface area contributed by atoms with Crippen LogP contribution in [0.15, 0.2) is 6.20 Å². The maximum Gasteiger partial charge on any atom is 0.238 e. The highest BCUT2D eigenvalue weighted by Crippen LogP contribution is 2.17. The summed E-state index contributed by atoms with van der Waals surface area (Å²) in [4.78, 5) is 0. The van der Waals surface area contributed by atoms with Crippen molar-refractivity contribution in [3.05, 3.63) is 12.1 Å². The minimum atomic E-state index is -2.97. The SMILES string of the molecule is Cl.Cn1ncc(N(NC2CCCNC2)[SH](=O)=O)c1F. The molecule has 1 aromatic heterocycles. The molecule has 0 saturated carbocycles. The first kappa shape index (κ1) is 16.2. The summed E-state index contributed by atoms with van der Waals surface area (Å²) in [7, 11) is -1.55. The van der Waals surface area contributed by atoms with E-state index in [0.29, 0.717) is 6.54 Å². The van der Waals surface area contributed by atoms with Crippen molar-refractivity contribution in [2.24, 2.45) is 7.05 Å². The Kier molecular flexibility index (Phi) is 5.98. The summed E-state index contributed by atoms with van der Waals surface area (Å²) >= 11 is 0. The zero-order chi connectivity index (χ0) is 13.1. The summed E-state index contributed by atoms with van der Waals surface area (Å²) in [6, 6.07) is -0.0359. The fraction of sp³-hybridized carbons (Fsp3) is 0.667. The van der Waals surface area contributed by atoms with Crippen LogP contribution in [0.1, 0.15) is 12.8 Å². The average Bonchev–Trinajstić information content (AvgIpc) is 2.68. The second-order valence-corrected chi connectivity index (χ2v) is 5.04. The predicted molar refractivity (Wildman–Crippen MR) is 72.2 cm³/mol. The van der Waals surface area contributed by atoms with Crippen molar-refractivity contribution in [3.63, 3.8) is 0 Å². The van der Waals surface area contributed by atoms with Crippen molar-refractivity contribution >= 4 is 29.0 Å². The molecule has 7 nitrogen and oxygen atoms in total. The van der Waals surface area contributed by atoms with E-state index in [1.54, 1.807) is 0 Å². The van der Waals surface area contributed by atoms with Gasteiger partial charge in [0.15, 0.2) is 0 Å². The number of hydrogen-bond donors (Lipinski definition) is 3. The number of hydrogen-bond acceptors (Lipinski definition) is 5. The lowest BCUT2D eigenvalue weighted by molar-refractivity contribution is 0.394. The van der Waals surface area contributed by atoms with Crippen LogP contribution >= 0.6 is 12.4 Å². The van der Waals surface area contributed by atoms with Crippen LogP contribution in [0.4, 0.5) is 10.1 Å². The van der Waals surface area contributed by atoms with E-state index in [1.165, 1.54) is 13.2 Å². The Balaban J connectivity index is 0.00000180. The van der Waals surface area contributed by atoms with Gasteiger partial charge in [0.05, 0.1) is 6.20 Å². The molecule has 2 rings (SSSR count). The molecule has 1 atom stereocenters. The third kappa shape index (κ3) is 3.78. The Hall–Kier alpha value is -0.900. The second-order valence-electron chi connectivity index (χ2n) is 4.17. The quantitative estimate of drug-likeness (QED) is 0.519. The van der Waals surface area contributed by atoms with E-state index < -0.39 is 16.8 Å². The second kappa shape index (κ2) is 7.04. The molecular formula is C9H17ClFN5O2S. The van der Waals surface area contributed by atoms with Crippen LogP contribution < -0.4 is 15.2 Å². The van der Waals surface area contributed by atoms with Gasteiger partial charge in [0.25, 0.3) is 0 Å². The summed E-state index contributed by atoms with van der Waals surface area (Å²) in [5.41, 5.74) is 2.72. The van der Waals surface area contributed by atoms with Gasteiger partial charge >= 0.3 is 0 Å². The first-order valence-corrected chi connectivity index (χ1v) is 6.81. The van der Waals surface area contributed by atoms with E-state index in [-0.39, 0.29) is 24.1 Å². The molecule has 1 aliphatic heterocycles. The van der Waals surface area contributed by atoms with Crippen molar-refractivity contribution in [2.45, 2.75) is 18.9 Å². The van der Waals surface area contributed by atoms with Gasteiger partial charge < -0.3 is 5.32 Å². The van der Waals surface area contributed by atoms with Crippen LogP contribution in [-0.4, -0.2) is 37.3 Å². The minimum Gasteiger partial charge on any atom is -0.315 e. The molecule has 2 N–H and O–H groups in total. The minimum absolute atomic E-state index is 0. The maximum atomic E-state index is 13.7. The number of hydrazine groups is 1. The van der Waals surface area contributed by atoms with Crippen LogP contribution in [0.3, 0.4) is 0 Å². The lowest BCUT2D eigenvalue weighted by Crippen LogP contribution is -2.51. The standard InChI is InChI=1S/C9H16FN5O2S.ClH/c1-14-9(10)8(6-12-14)15(18(16)17)13-7-3-2-4-11-5-7;/h6-7,11,13,18H,2-5H2,1H3;1H. The van der Waals surface area contributed by atoms with Crippen molar-refractivity contribution in [1.82, 2.24) is 20.5 Å². The number of nitrogens with zero attached hydrogens (tertiary/aromatic N) is 3. The molecule has 1 aromatic rings. The third-order valence-electron chi connectivity index (χ3n) is 2.84. The van der Waals surface area contributed by atoms with Crippen molar-refractivity contribution in [2.75, 3.05) is 17.5 Å². The number of thiol groups is 1. The van der Waals surface area contributed by atoms with Gasteiger partial charge in [0.2, 0.25) is 16.8 Å². The zero-order valence-corrected chi connectivity index (χ0v) is 12.1. The molecule has 1 unspecified atom stereocenters. The highest BCUT2D eigenvalue weighted by Gasteiger charge is 2.22. The van der Waals surface area contributed by atoms with Gasteiger partial charge in [0, 0.05) is 19.6 Å². The zero-order valence-electron chi connectivity index (χ0n) is 10.4. The molecule has 0 spiro atoms. The van der Waals surface area contributed by atoms with E-state index in [1.807, 2.05) is 0 Å². The molecular weight excluding hydrogens is 297 g/mol. The molecule has 19 heavy (non-hydrogen) atoms. The summed E-state index contributed by atoms with van der Waals surface area (Å²) in [6.45, 7) is 1.57. The predicted octanol–water partition coefficient (Wildman–Crippen LogP) is -0.430. The summed E-state index contributed by atoms with van der Waals surface area (Å²) < 4.78 is 37.9. The maximum absolute atomic E-state index is 13.7. The Morgan fingerprint density at radius 1 is 1.63 bits per heavy atom. The molecule has 110 valence electrons. The Morgan fingerprint density at radius 3 is 2.84 bits per heavy atom. The number of anilines is 1. The van der Waals surface area contributed by atoms with E-state index in [9.17, 15) is 12.8 Å². The summed E-state index contributed by atoms with van der Waals surface area (Å²) in [5, 5.41) is 6.84. The van der Waals surface area contributed by atoms with Crippen LogP contribution in [0.25, 0.3) is 0 Å². The van der Waals surface area contributed by atoms with Crippen LogP contribution in [-0.2, 0) is 17.9 Å². The number of aromatic nitrogens is 2. The van der Waals surface area contributed by atoms with Crippen molar-refractivity contribution in [3.8, 4) is 0 Å². The number of nitrogens with one attached hydrogen (secondary N) is 2. The fourth-order valence-corrected chi connectivity index (χ4v) is 2.46. The van der Waals surface area contributed by atoms with E-state index in [0.717, 1.165) is 28.5 Å². The van der Waals surface area contributed by atoms with Gasteiger partial charge in [-0.1, -0.05) is 0 Å². The molecule has 0 aromatic carbocycles. The molecule has 0 aliphatic carbocycles.